The second-order valence-electron chi connectivity index (χ2n) is 5.78. The maximum Gasteiger partial charge on any atom is 0.270 e. The van der Waals surface area contributed by atoms with E-state index in [1.807, 2.05) is 37.5 Å². The third-order valence-electron chi connectivity index (χ3n) is 4.35. The number of H-pyrrole nitrogens is 1. The predicted octanol–water partition coefficient (Wildman–Crippen LogP) is 2.48. The van der Waals surface area contributed by atoms with Gasteiger partial charge in [0.2, 0.25) is 0 Å². The van der Waals surface area contributed by atoms with Crippen molar-refractivity contribution in [2.24, 2.45) is 7.05 Å². The number of benzene rings is 1. The highest BCUT2D eigenvalue weighted by atomic mass is 16.5. The molecule has 0 aliphatic rings. The van der Waals surface area contributed by atoms with Crippen LogP contribution in [-0.2, 0) is 7.05 Å². The van der Waals surface area contributed by atoms with Gasteiger partial charge in [-0.2, -0.15) is 0 Å². The van der Waals surface area contributed by atoms with Gasteiger partial charge in [-0.3, -0.25) is 4.79 Å². The van der Waals surface area contributed by atoms with E-state index >= 15 is 0 Å². The van der Waals surface area contributed by atoms with Gasteiger partial charge < -0.3 is 19.6 Å². The number of rotatable bonds is 3. The van der Waals surface area contributed by atoms with Crippen LogP contribution in [0.5, 0.6) is 5.75 Å². The second-order valence-corrected chi connectivity index (χ2v) is 5.78. The number of aryl methyl sites for hydroxylation is 1. The number of aromatic amines is 1. The summed E-state index contributed by atoms with van der Waals surface area (Å²) >= 11 is 0. The zero-order valence-corrected chi connectivity index (χ0v) is 14.1. The Balaban J connectivity index is 1.96. The summed E-state index contributed by atoms with van der Waals surface area (Å²) in [6.07, 6.45) is 3.43. The monoisotopic (exact) mass is 335 g/mol. The first-order valence-electron chi connectivity index (χ1n) is 7.81. The van der Waals surface area contributed by atoms with Crippen molar-refractivity contribution in [1.82, 2.24) is 24.8 Å². The Kier molecular flexibility index (Phi) is 3.42. The number of hydrogen-bond acceptors (Lipinski definition) is 4. The van der Waals surface area contributed by atoms with Crippen LogP contribution >= 0.6 is 0 Å². The van der Waals surface area contributed by atoms with Crippen LogP contribution in [0.1, 0.15) is 10.5 Å². The molecular formula is C18H17N5O2. The molecule has 4 rings (SSSR count). The number of fused-ring (bicyclic) bond motifs is 2. The third-order valence-corrected chi connectivity index (χ3v) is 4.35. The summed E-state index contributed by atoms with van der Waals surface area (Å²) in [5.74, 6) is 0.555. The Hall–Kier alpha value is -3.35. The molecule has 7 heteroatoms. The number of ether oxygens (including phenoxy) is 1. The number of nitrogens with zero attached hydrogens (tertiary/aromatic N) is 3. The van der Waals surface area contributed by atoms with E-state index in [1.54, 1.807) is 14.2 Å². The van der Waals surface area contributed by atoms with Gasteiger partial charge in [-0.1, -0.05) is 0 Å². The number of aromatic nitrogens is 4. The predicted molar refractivity (Wildman–Crippen MR) is 95.7 cm³/mol. The second kappa shape index (κ2) is 5.62. The van der Waals surface area contributed by atoms with E-state index in [0.29, 0.717) is 16.7 Å². The summed E-state index contributed by atoms with van der Waals surface area (Å²) in [5, 5.41) is 4.36. The molecule has 0 aliphatic carbocycles. The van der Waals surface area contributed by atoms with E-state index in [1.165, 1.54) is 6.33 Å². The smallest absolute Gasteiger partial charge is 0.270 e. The molecule has 0 atom stereocenters. The van der Waals surface area contributed by atoms with Crippen molar-refractivity contribution in [3.63, 3.8) is 0 Å². The fourth-order valence-corrected chi connectivity index (χ4v) is 3.10. The lowest BCUT2D eigenvalue weighted by atomic mass is 10.1. The number of nitrogens with one attached hydrogen (secondary N) is 2. The van der Waals surface area contributed by atoms with Gasteiger partial charge in [-0.05, 0) is 24.3 Å². The average Bonchev–Trinajstić information content (AvgIpc) is 3.21. The Morgan fingerprint density at radius 3 is 2.84 bits per heavy atom. The molecule has 126 valence electrons. The molecule has 7 nitrogen and oxygen atoms in total. The third kappa shape index (κ3) is 2.32. The first-order valence-corrected chi connectivity index (χ1v) is 7.81. The summed E-state index contributed by atoms with van der Waals surface area (Å²) in [5.41, 5.74) is 3.96. The van der Waals surface area contributed by atoms with E-state index in [4.69, 9.17) is 4.74 Å². The number of methoxy groups -OCH3 is 1. The van der Waals surface area contributed by atoms with Crippen molar-refractivity contribution in [3.05, 3.63) is 42.5 Å². The Bertz CT molecular complexity index is 1110. The molecule has 0 radical (unpaired) electrons. The summed E-state index contributed by atoms with van der Waals surface area (Å²) in [7, 11) is 5.23. The van der Waals surface area contributed by atoms with Crippen molar-refractivity contribution in [3.8, 4) is 17.0 Å². The molecule has 3 heterocycles. The molecule has 0 aliphatic heterocycles. The zero-order valence-electron chi connectivity index (χ0n) is 14.1. The number of carbonyl (C=O) groups is 1. The molecule has 0 fully saturated rings. The van der Waals surface area contributed by atoms with E-state index in [9.17, 15) is 4.79 Å². The van der Waals surface area contributed by atoms with Gasteiger partial charge in [-0.25, -0.2) is 9.97 Å². The Morgan fingerprint density at radius 1 is 1.24 bits per heavy atom. The van der Waals surface area contributed by atoms with E-state index in [0.717, 1.165) is 27.9 Å². The van der Waals surface area contributed by atoms with Crippen LogP contribution in [-0.4, -0.2) is 39.6 Å². The normalized spacial score (nSPS) is 11.2. The van der Waals surface area contributed by atoms with Crippen LogP contribution in [0.4, 0.5) is 0 Å². The number of carbonyl (C=O) groups excluding carboxylic acids is 1. The van der Waals surface area contributed by atoms with Crippen molar-refractivity contribution in [2.45, 2.75) is 0 Å². The summed E-state index contributed by atoms with van der Waals surface area (Å²) < 4.78 is 7.41. The molecule has 3 aromatic heterocycles. The zero-order chi connectivity index (χ0) is 17.6. The highest BCUT2D eigenvalue weighted by molar-refractivity contribution is 6.06. The molecular weight excluding hydrogens is 318 g/mol. The molecule has 0 unspecified atom stereocenters. The molecule has 2 N–H and O–H groups in total. The molecule has 25 heavy (non-hydrogen) atoms. The standard InChI is InChI=1S/C18H17N5O2/c1-19-18(24)16-12-7-14(22-17(12)21-9-20-16)13-8-23(2)15-5-4-10(25-3)6-11(13)15/h4-9H,1-3H3,(H,19,24)(H,20,21,22). The van der Waals surface area contributed by atoms with Crippen molar-refractivity contribution < 1.29 is 9.53 Å². The Labute approximate surface area is 143 Å². The van der Waals surface area contributed by atoms with E-state index < -0.39 is 0 Å². The van der Waals surface area contributed by atoms with Crippen molar-refractivity contribution >= 4 is 27.8 Å². The molecule has 0 saturated carbocycles. The van der Waals surface area contributed by atoms with Gasteiger partial charge >= 0.3 is 0 Å². The summed E-state index contributed by atoms with van der Waals surface area (Å²) in [6.45, 7) is 0. The van der Waals surface area contributed by atoms with Gasteiger partial charge in [0.15, 0.2) is 0 Å². The maximum absolute atomic E-state index is 12.0. The summed E-state index contributed by atoms with van der Waals surface area (Å²) in [4.78, 5) is 23.7. The van der Waals surface area contributed by atoms with Gasteiger partial charge in [0, 0.05) is 42.5 Å². The maximum atomic E-state index is 12.0. The Morgan fingerprint density at radius 2 is 2.08 bits per heavy atom. The van der Waals surface area contributed by atoms with Crippen LogP contribution in [0.2, 0.25) is 0 Å². The summed E-state index contributed by atoms with van der Waals surface area (Å²) in [6, 6.07) is 7.87. The molecule has 0 spiro atoms. The van der Waals surface area contributed by atoms with Gasteiger partial charge in [0.05, 0.1) is 12.5 Å². The largest absolute Gasteiger partial charge is 0.497 e. The van der Waals surface area contributed by atoms with Crippen LogP contribution in [0.3, 0.4) is 0 Å². The first kappa shape index (κ1) is 15.2. The van der Waals surface area contributed by atoms with Gasteiger partial charge in [0.25, 0.3) is 5.91 Å². The minimum absolute atomic E-state index is 0.238. The van der Waals surface area contributed by atoms with E-state index in [2.05, 4.69) is 24.8 Å². The fourth-order valence-electron chi connectivity index (χ4n) is 3.10. The average molecular weight is 335 g/mol. The van der Waals surface area contributed by atoms with Crippen LogP contribution in [0.15, 0.2) is 36.8 Å². The minimum atomic E-state index is -0.238. The van der Waals surface area contributed by atoms with Crippen LogP contribution < -0.4 is 10.1 Å². The molecule has 0 saturated heterocycles. The fraction of sp³-hybridized carbons (Fsp3) is 0.167. The molecule has 4 aromatic rings. The SMILES string of the molecule is CNC(=O)c1ncnc2[nH]c(-c3cn(C)c4ccc(OC)cc34)cc12. The lowest BCUT2D eigenvalue weighted by Gasteiger charge is -2.01. The van der Waals surface area contributed by atoms with E-state index in [-0.39, 0.29) is 5.91 Å². The number of amides is 1. The van der Waals surface area contributed by atoms with Crippen LogP contribution in [0, 0.1) is 0 Å². The topological polar surface area (TPSA) is 84.8 Å². The minimum Gasteiger partial charge on any atom is -0.497 e. The van der Waals surface area contributed by atoms with Gasteiger partial charge in [0.1, 0.15) is 23.4 Å². The molecule has 0 bridgehead atoms. The highest BCUT2D eigenvalue weighted by Gasteiger charge is 2.17. The first-order chi connectivity index (χ1) is 12.1. The lowest BCUT2D eigenvalue weighted by Crippen LogP contribution is -2.19. The molecule has 1 amide bonds. The van der Waals surface area contributed by atoms with Crippen molar-refractivity contribution in [2.75, 3.05) is 14.2 Å². The van der Waals surface area contributed by atoms with Crippen molar-refractivity contribution in [1.29, 1.82) is 0 Å². The van der Waals surface area contributed by atoms with Crippen LogP contribution in [0.25, 0.3) is 33.2 Å². The number of hydrogen-bond donors (Lipinski definition) is 2. The lowest BCUT2D eigenvalue weighted by molar-refractivity contribution is 0.0960. The highest BCUT2D eigenvalue weighted by Crippen LogP contribution is 2.33. The quantitative estimate of drug-likeness (QED) is 0.602. The molecule has 1 aromatic carbocycles. The van der Waals surface area contributed by atoms with Gasteiger partial charge in [-0.15, -0.1) is 0 Å².